The van der Waals surface area contributed by atoms with Crippen LogP contribution in [0.3, 0.4) is 0 Å². The van der Waals surface area contributed by atoms with Crippen LogP contribution in [0, 0.1) is 5.92 Å². The van der Waals surface area contributed by atoms with Crippen LogP contribution in [0.5, 0.6) is 5.75 Å². The summed E-state index contributed by atoms with van der Waals surface area (Å²) in [4.78, 5) is 36.7. The van der Waals surface area contributed by atoms with Gasteiger partial charge in [0.25, 0.3) is 0 Å². The third kappa shape index (κ3) is 9.26. The number of alkyl halides is 3. The van der Waals surface area contributed by atoms with E-state index < -0.39 is 36.1 Å². The predicted molar refractivity (Wildman–Crippen MR) is 158 cm³/mol. The lowest BCUT2D eigenvalue weighted by atomic mass is 9.92. The average molecular weight is 617 g/mol. The molecule has 10 nitrogen and oxygen atoms in total. The van der Waals surface area contributed by atoms with Crippen molar-refractivity contribution in [1.82, 2.24) is 30.8 Å². The molecule has 2 amide bonds. The Morgan fingerprint density at radius 1 is 1.18 bits per heavy atom. The number of carbonyl (C=O) groups excluding carboxylic acids is 2. The summed E-state index contributed by atoms with van der Waals surface area (Å²) in [6, 6.07) is 10.7. The Balaban J connectivity index is 1.42. The van der Waals surface area contributed by atoms with E-state index in [4.69, 9.17) is 9.15 Å². The molecule has 1 aliphatic rings. The number of hydrogen-bond donors (Lipinski definition) is 3. The quantitative estimate of drug-likeness (QED) is 0.266. The van der Waals surface area contributed by atoms with E-state index in [-0.39, 0.29) is 12.5 Å². The van der Waals surface area contributed by atoms with Gasteiger partial charge in [0.15, 0.2) is 5.76 Å². The summed E-state index contributed by atoms with van der Waals surface area (Å²) in [6.45, 7) is 4.12. The third-order valence-electron chi connectivity index (χ3n) is 7.52. The molecule has 3 heterocycles. The van der Waals surface area contributed by atoms with Gasteiger partial charge < -0.3 is 25.1 Å². The van der Waals surface area contributed by atoms with E-state index in [0.29, 0.717) is 61.9 Å². The number of piperazine rings is 1. The number of nitrogens with zero attached hydrogens (tertiary/aromatic N) is 3. The molecule has 0 saturated carbocycles. The lowest BCUT2D eigenvalue weighted by Crippen LogP contribution is -2.58. The first-order valence-electron chi connectivity index (χ1n) is 14.6. The van der Waals surface area contributed by atoms with E-state index in [9.17, 15) is 22.8 Å². The van der Waals surface area contributed by atoms with Crippen molar-refractivity contribution in [3.63, 3.8) is 0 Å². The minimum atomic E-state index is -4.48. The number of oxazole rings is 1. The number of halogens is 3. The van der Waals surface area contributed by atoms with Gasteiger partial charge in [0.05, 0.1) is 19.5 Å². The maximum atomic E-state index is 13.7. The van der Waals surface area contributed by atoms with Crippen molar-refractivity contribution >= 4 is 11.8 Å². The Morgan fingerprint density at radius 2 is 1.95 bits per heavy atom. The molecule has 1 aliphatic heterocycles. The van der Waals surface area contributed by atoms with Gasteiger partial charge in [-0.1, -0.05) is 30.3 Å². The smallest absolute Gasteiger partial charge is 0.405 e. The Kier molecular flexibility index (Phi) is 11.0. The predicted octanol–water partition coefficient (Wildman–Crippen LogP) is 3.69. The molecule has 0 bridgehead atoms. The maximum Gasteiger partial charge on any atom is 0.405 e. The molecule has 238 valence electrons. The lowest BCUT2D eigenvalue weighted by Gasteiger charge is -2.35. The van der Waals surface area contributed by atoms with Crippen molar-refractivity contribution < 1.29 is 31.9 Å². The van der Waals surface area contributed by atoms with Crippen molar-refractivity contribution in [2.45, 2.75) is 50.9 Å². The summed E-state index contributed by atoms with van der Waals surface area (Å²) in [6.07, 6.45) is 1.89. The summed E-state index contributed by atoms with van der Waals surface area (Å²) in [5.74, 6) is 0.140. The Hall–Kier alpha value is -3.97. The van der Waals surface area contributed by atoms with Crippen molar-refractivity contribution in [1.29, 1.82) is 0 Å². The highest BCUT2D eigenvalue weighted by molar-refractivity contribution is 5.82. The normalized spacial score (nSPS) is 16.7. The van der Waals surface area contributed by atoms with Gasteiger partial charge >= 0.3 is 6.18 Å². The van der Waals surface area contributed by atoms with Gasteiger partial charge in [0.2, 0.25) is 17.7 Å². The highest BCUT2D eigenvalue weighted by atomic mass is 19.4. The van der Waals surface area contributed by atoms with Crippen LogP contribution in [0.4, 0.5) is 13.2 Å². The zero-order valence-electron chi connectivity index (χ0n) is 25.1. The van der Waals surface area contributed by atoms with Crippen LogP contribution >= 0.6 is 0 Å². The largest absolute Gasteiger partial charge is 0.495 e. The fraction of sp³-hybridized carbons (Fsp3) is 0.484. The molecule has 4 rings (SSSR count). The summed E-state index contributed by atoms with van der Waals surface area (Å²) in [5.41, 5.74) is 0.753. The first-order chi connectivity index (χ1) is 20.9. The van der Waals surface area contributed by atoms with Gasteiger partial charge in [-0.15, -0.1) is 0 Å². The molecule has 1 aromatic carbocycles. The second kappa shape index (κ2) is 14.7. The van der Waals surface area contributed by atoms with Crippen LogP contribution in [0.15, 0.2) is 59.4 Å². The number of benzene rings is 1. The van der Waals surface area contributed by atoms with Gasteiger partial charge in [-0.3, -0.25) is 19.5 Å². The molecule has 3 aromatic rings. The number of methoxy groups -OCH3 is 1. The molecular weight excluding hydrogens is 577 g/mol. The number of pyridine rings is 1. The van der Waals surface area contributed by atoms with Crippen LogP contribution in [-0.2, 0) is 21.5 Å². The Labute approximate surface area is 254 Å². The van der Waals surface area contributed by atoms with E-state index >= 15 is 0 Å². The number of rotatable bonds is 13. The highest BCUT2D eigenvalue weighted by Crippen LogP contribution is 2.28. The number of ether oxygens (including phenoxy) is 1. The van der Waals surface area contributed by atoms with Gasteiger partial charge in [-0.2, -0.15) is 13.2 Å². The summed E-state index contributed by atoms with van der Waals surface area (Å²) in [7, 11) is 1.55. The van der Waals surface area contributed by atoms with Crippen molar-refractivity contribution in [3.8, 4) is 17.1 Å². The molecule has 0 radical (unpaired) electrons. The molecule has 0 aliphatic carbocycles. The van der Waals surface area contributed by atoms with Crippen molar-refractivity contribution in [3.05, 3.63) is 66.4 Å². The van der Waals surface area contributed by atoms with Crippen molar-refractivity contribution in [2.24, 2.45) is 5.92 Å². The van der Waals surface area contributed by atoms with E-state index in [1.807, 2.05) is 54.4 Å². The number of hydrogen-bond acceptors (Lipinski definition) is 8. The zero-order chi connectivity index (χ0) is 31.7. The molecule has 0 spiro atoms. The van der Waals surface area contributed by atoms with E-state index in [2.05, 4.69) is 20.6 Å². The molecule has 13 heteroatoms. The van der Waals surface area contributed by atoms with Gasteiger partial charge in [-0.05, 0) is 51.3 Å². The van der Waals surface area contributed by atoms with Crippen LogP contribution in [-0.4, -0.2) is 78.7 Å². The maximum absolute atomic E-state index is 13.7. The van der Waals surface area contributed by atoms with Gasteiger partial charge in [0, 0.05) is 37.3 Å². The molecule has 3 N–H and O–H groups in total. The number of amides is 2. The van der Waals surface area contributed by atoms with E-state index in [1.54, 1.807) is 31.8 Å². The molecule has 2 aromatic heterocycles. The van der Waals surface area contributed by atoms with Crippen LogP contribution in [0.1, 0.15) is 38.1 Å². The monoisotopic (exact) mass is 616 g/mol. The second-order valence-electron chi connectivity index (χ2n) is 11.4. The minimum Gasteiger partial charge on any atom is -0.495 e. The van der Waals surface area contributed by atoms with Crippen LogP contribution in [0.25, 0.3) is 11.3 Å². The SMILES string of the molecule is COc1cncc(-c2cnc(C(C)(C)NC(=O)C(CCCN3CCNCC3C(=O)NCC(F)(F)F)Cc3ccccc3)o2)c1. The van der Waals surface area contributed by atoms with E-state index in [0.717, 1.165) is 5.56 Å². The number of aromatic nitrogens is 2. The van der Waals surface area contributed by atoms with Crippen LogP contribution in [0.2, 0.25) is 0 Å². The van der Waals surface area contributed by atoms with Crippen LogP contribution < -0.4 is 20.7 Å². The van der Waals surface area contributed by atoms with Gasteiger partial charge in [-0.25, -0.2) is 4.98 Å². The molecule has 44 heavy (non-hydrogen) atoms. The average Bonchev–Trinajstić information content (AvgIpc) is 3.51. The minimum absolute atomic E-state index is 0.179. The lowest BCUT2D eigenvalue weighted by molar-refractivity contribution is -0.142. The summed E-state index contributed by atoms with van der Waals surface area (Å²) < 4.78 is 49.2. The van der Waals surface area contributed by atoms with E-state index in [1.165, 1.54) is 0 Å². The molecule has 2 atom stereocenters. The van der Waals surface area contributed by atoms with Gasteiger partial charge in [0.1, 0.15) is 23.9 Å². The first kappa shape index (κ1) is 32.9. The summed E-state index contributed by atoms with van der Waals surface area (Å²) >= 11 is 0. The Morgan fingerprint density at radius 3 is 2.68 bits per heavy atom. The van der Waals surface area contributed by atoms with Crippen molar-refractivity contribution in [2.75, 3.05) is 39.8 Å². The molecule has 2 unspecified atom stereocenters. The fourth-order valence-corrected chi connectivity index (χ4v) is 5.17. The topological polar surface area (TPSA) is 122 Å². The third-order valence-corrected chi connectivity index (χ3v) is 7.52. The number of carbonyl (C=O) groups is 2. The fourth-order valence-electron chi connectivity index (χ4n) is 5.17. The summed E-state index contributed by atoms with van der Waals surface area (Å²) in [5, 5.41) is 8.17. The zero-order valence-corrected chi connectivity index (χ0v) is 25.1. The Bertz CT molecular complexity index is 1380. The highest BCUT2D eigenvalue weighted by Gasteiger charge is 2.34. The first-order valence-corrected chi connectivity index (χ1v) is 14.6. The molecule has 1 fully saturated rings. The standard InChI is InChI=1S/C31H39F3N6O4/c1-30(2,29-37-19-26(44-29)23-15-24(43-3)17-36-16-23)39-27(41)22(14-21-8-5-4-6-9-21)10-7-12-40-13-11-35-18-25(40)28(42)38-20-31(32,33)34/h4-6,8-9,15-17,19,22,25,35H,7,10-14,18,20H2,1-3H3,(H,38,42)(H,39,41). The number of nitrogens with one attached hydrogen (secondary N) is 3. The molecule has 1 saturated heterocycles. The molecular formula is C31H39F3N6O4. The second-order valence-corrected chi connectivity index (χ2v) is 11.4.